The molecule has 0 unspecified atom stereocenters. The van der Waals surface area contributed by atoms with Gasteiger partial charge in [-0.1, -0.05) is 12.1 Å². The van der Waals surface area contributed by atoms with Gasteiger partial charge in [0.15, 0.2) is 17.3 Å². The van der Waals surface area contributed by atoms with Crippen LogP contribution in [0.1, 0.15) is 34.3 Å². The number of methoxy groups -OCH3 is 3. The number of hydrogen-bond acceptors (Lipinski definition) is 5. The molecule has 27 heavy (non-hydrogen) atoms. The molecule has 0 aliphatic carbocycles. The van der Waals surface area contributed by atoms with Gasteiger partial charge in [0, 0.05) is 36.2 Å². The van der Waals surface area contributed by atoms with Gasteiger partial charge in [0.1, 0.15) is 0 Å². The zero-order valence-corrected chi connectivity index (χ0v) is 16.3. The summed E-state index contributed by atoms with van der Waals surface area (Å²) in [5.41, 5.74) is 3.32. The van der Waals surface area contributed by atoms with Gasteiger partial charge in [0.25, 0.3) is 0 Å². The first kappa shape index (κ1) is 20.3. The molecule has 6 nitrogen and oxygen atoms in total. The van der Waals surface area contributed by atoms with Crippen molar-refractivity contribution in [2.75, 3.05) is 26.6 Å². The van der Waals surface area contributed by atoms with Crippen LogP contribution in [0.25, 0.3) is 0 Å². The number of aryl methyl sites for hydroxylation is 2. The molecule has 0 aliphatic heterocycles. The third kappa shape index (κ3) is 5.00. The summed E-state index contributed by atoms with van der Waals surface area (Å²) in [6.07, 6.45) is 0.223. The Morgan fingerprint density at radius 1 is 0.852 bits per heavy atom. The molecule has 6 heteroatoms. The van der Waals surface area contributed by atoms with Gasteiger partial charge in [0.2, 0.25) is 11.7 Å². The van der Waals surface area contributed by atoms with Gasteiger partial charge >= 0.3 is 0 Å². The van der Waals surface area contributed by atoms with E-state index in [0.29, 0.717) is 28.5 Å². The highest BCUT2D eigenvalue weighted by Gasteiger charge is 2.15. The van der Waals surface area contributed by atoms with Crippen molar-refractivity contribution in [2.45, 2.75) is 26.7 Å². The van der Waals surface area contributed by atoms with E-state index in [-0.39, 0.29) is 24.5 Å². The summed E-state index contributed by atoms with van der Waals surface area (Å²) in [7, 11) is 4.52. The molecule has 0 spiro atoms. The fraction of sp³-hybridized carbons (Fsp3) is 0.333. The highest BCUT2D eigenvalue weighted by molar-refractivity contribution is 6.00. The van der Waals surface area contributed by atoms with Crippen molar-refractivity contribution in [1.29, 1.82) is 0 Å². The Morgan fingerprint density at radius 2 is 1.48 bits per heavy atom. The van der Waals surface area contributed by atoms with Crippen LogP contribution in [0, 0.1) is 13.8 Å². The first-order valence-corrected chi connectivity index (χ1v) is 8.60. The molecule has 2 aromatic rings. The number of ketones is 1. The zero-order chi connectivity index (χ0) is 20.0. The summed E-state index contributed by atoms with van der Waals surface area (Å²) in [5.74, 6) is 1.01. The van der Waals surface area contributed by atoms with E-state index in [1.165, 1.54) is 21.3 Å². The van der Waals surface area contributed by atoms with Crippen molar-refractivity contribution >= 4 is 17.4 Å². The lowest BCUT2D eigenvalue weighted by Gasteiger charge is -2.14. The van der Waals surface area contributed by atoms with Crippen LogP contribution in [0.5, 0.6) is 17.2 Å². The van der Waals surface area contributed by atoms with Crippen LogP contribution in [0.4, 0.5) is 5.69 Å². The molecule has 1 amide bonds. The van der Waals surface area contributed by atoms with Crippen LogP contribution < -0.4 is 19.5 Å². The van der Waals surface area contributed by atoms with Crippen molar-refractivity contribution in [1.82, 2.24) is 0 Å². The largest absolute Gasteiger partial charge is 0.493 e. The van der Waals surface area contributed by atoms with Crippen LogP contribution in [-0.4, -0.2) is 33.0 Å². The molecule has 0 radical (unpaired) electrons. The van der Waals surface area contributed by atoms with E-state index in [1.807, 2.05) is 26.0 Å². The third-order valence-corrected chi connectivity index (χ3v) is 4.36. The van der Waals surface area contributed by atoms with Crippen molar-refractivity contribution in [3.63, 3.8) is 0 Å². The molecule has 0 aliphatic rings. The summed E-state index contributed by atoms with van der Waals surface area (Å²) in [6.45, 7) is 3.96. The highest BCUT2D eigenvalue weighted by Crippen LogP contribution is 2.39. The Morgan fingerprint density at radius 3 is 2.00 bits per heavy atom. The number of rotatable bonds is 8. The van der Waals surface area contributed by atoms with E-state index >= 15 is 0 Å². The number of Topliss-reactive ketones (excluding diaryl/α,β-unsaturated/α-hetero) is 1. The Kier molecular flexibility index (Phi) is 6.82. The Balaban J connectivity index is 2.03. The fourth-order valence-electron chi connectivity index (χ4n) is 2.66. The molecular formula is C21H25NO5. The number of nitrogens with one attached hydrogen (secondary N) is 1. The second kappa shape index (κ2) is 9.07. The number of benzene rings is 2. The van der Waals surface area contributed by atoms with Crippen LogP contribution >= 0.6 is 0 Å². The van der Waals surface area contributed by atoms with Gasteiger partial charge in [-0.05, 0) is 31.0 Å². The topological polar surface area (TPSA) is 73.9 Å². The monoisotopic (exact) mass is 371 g/mol. The minimum atomic E-state index is -0.263. The summed E-state index contributed by atoms with van der Waals surface area (Å²) in [4.78, 5) is 24.6. The molecule has 0 saturated heterocycles. The molecular weight excluding hydrogens is 346 g/mol. The maximum atomic E-state index is 12.3. The van der Waals surface area contributed by atoms with Gasteiger partial charge in [-0.25, -0.2) is 0 Å². The van der Waals surface area contributed by atoms with Gasteiger partial charge < -0.3 is 19.5 Å². The van der Waals surface area contributed by atoms with Gasteiger partial charge in [0.05, 0.1) is 21.3 Å². The predicted molar refractivity (Wildman–Crippen MR) is 104 cm³/mol. The average molecular weight is 371 g/mol. The SMILES string of the molecule is COc1cc(NC(=O)CCC(=O)c2ccc(C)c(C)c2)cc(OC)c1OC. The molecule has 144 valence electrons. The van der Waals surface area contributed by atoms with E-state index in [4.69, 9.17) is 14.2 Å². The quantitative estimate of drug-likeness (QED) is 0.712. The number of amides is 1. The molecule has 0 atom stereocenters. The molecule has 1 N–H and O–H groups in total. The number of hydrogen-bond donors (Lipinski definition) is 1. The number of carbonyl (C=O) groups excluding carboxylic acids is 2. The zero-order valence-electron chi connectivity index (χ0n) is 16.3. The Hall–Kier alpha value is -3.02. The fourth-order valence-corrected chi connectivity index (χ4v) is 2.66. The van der Waals surface area contributed by atoms with E-state index < -0.39 is 0 Å². The Labute approximate surface area is 159 Å². The first-order chi connectivity index (χ1) is 12.9. The molecule has 0 saturated carbocycles. The number of carbonyl (C=O) groups is 2. The molecule has 0 fully saturated rings. The minimum absolute atomic E-state index is 0.0573. The third-order valence-electron chi connectivity index (χ3n) is 4.36. The molecule has 0 bridgehead atoms. The summed E-state index contributed by atoms with van der Waals surface area (Å²) >= 11 is 0. The standard InChI is InChI=1S/C21H25NO5/c1-13-6-7-15(10-14(13)2)17(23)8-9-20(24)22-16-11-18(25-3)21(27-5)19(12-16)26-4/h6-7,10-12H,8-9H2,1-5H3,(H,22,24). The average Bonchev–Trinajstić information content (AvgIpc) is 2.67. The van der Waals surface area contributed by atoms with Crippen molar-refractivity contribution in [3.05, 3.63) is 47.0 Å². The lowest BCUT2D eigenvalue weighted by molar-refractivity contribution is -0.116. The van der Waals surface area contributed by atoms with E-state index in [0.717, 1.165) is 11.1 Å². The maximum Gasteiger partial charge on any atom is 0.224 e. The lowest BCUT2D eigenvalue weighted by Crippen LogP contribution is -2.14. The normalized spacial score (nSPS) is 10.3. The van der Waals surface area contributed by atoms with Crippen molar-refractivity contribution in [3.8, 4) is 17.2 Å². The maximum absolute atomic E-state index is 12.3. The molecule has 0 heterocycles. The van der Waals surface area contributed by atoms with E-state index in [9.17, 15) is 9.59 Å². The molecule has 2 rings (SSSR count). The molecule has 0 aromatic heterocycles. The van der Waals surface area contributed by atoms with Gasteiger partial charge in [-0.2, -0.15) is 0 Å². The van der Waals surface area contributed by atoms with Gasteiger partial charge in [-0.3, -0.25) is 9.59 Å². The smallest absolute Gasteiger partial charge is 0.224 e. The van der Waals surface area contributed by atoms with Crippen LogP contribution in [-0.2, 0) is 4.79 Å². The van der Waals surface area contributed by atoms with Crippen molar-refractivity contribution in [2.24, 2.45) is 0 Å². The molecule has 2 aromatic carbocycles. The van der Waals surface area contributed by atoms with Crippen LogP contribution in [0.2, 0.25) is 0 Å². The first-order valence-electron chi connectivity index (χ1n) is 8.60. The lowest BCUT2D eigenvalue weighted by atomic mass is 10.0. The summed E-state index contributed by atoms with van der Waals surface area (Å²) in [6, 6.07) is 8.85. The number of ether oxygens (including phenoxy) is 3. The van der Waals surface area contributed by atoms with Gasteiger partial charge in [-0.15, -0.1) is 0 Å². The van der Waals surface area contributed by atoms with E-state index in [2.05, 4.69) is 5.32 Å². The van der Waals surface area contributed by atoms with Crippen LogP contribution in [0.3, 0.4) is 0 Å². The predicted octanol–water partition coefficient (Wildman–Crippen LogP) is 3.93. The summed E-state index contributed by atoms with van der Waals surface area (Å²) < 4.78 is 15.8. The minimum Gasteiger partial charge on any atom is -0.493 e. The second-order valence-electron chi connectivity index (χ2n) is 6.18. The van der Waals surface area contributed by atoms with Crippen molar-refractivity contribution < 1.29 is 23.8 Å². The summed E-state index contributed by atoms with van der Waals surface area (Å²) in [5, 5.41) is 2.76. The second-order valence-corrected chi connectivity index (χ2v) is 6.18. The van der Waals surface area contributed by atoms with E-state index in [1.54, 1.807) is 18.2 Å². The number of anilines is 1. The highest BCUT2D eigenvalue weighted by atomic mass is 16.5. The van der Waals surface area contributed by atoms with Crippen LogP contribution in [0.15, 0.2) is 30.3 Å². The Bertz CT molecular complexity index is 819.